The molecule has 12 aromatic rings. The number of aromatic nitrogens is 1. The van der Waals surface area contributed by atoms with Crippen LogP contribution in [0.5, 0.6) is 0 Å². The van der Waals surface area contributed by atoms with Crippen LogP contribution >= 0.6 is 0 Å². The molecule has 2 aromatic heterocycles. The lowest BCUT2D eigenvalue weighted by Crippen LogP contribution is -2.16. The van der Waals surface area contributed by atoms with E-state index in [0.29, 0.717) is 0 Å². The van der Waals surface area contributed by atoms with E-state index in [-0.39, 0.29) is 5.41 Å². The molecule has 2 heterocycles. The molecule has 66 heavy (non-hydrogen) atoms. The molecule has 0 bridgehead atoms. The van der Waals surface area contributed by atoms with Crippen molar-refractivity contribution in [2.24, 2.45) is 0 Å². The second-order valence-electron chi connectivity index (χ2n) is 18.1. The lowest BCUT2D eigenvalue weighted by Gasteiger charge is -2.29. The highest BCUT2D eigenvalue weighted by molar-refractivity contribution is 6.11. The van der Waals surface area contributed by atoms with Gasteiger partial charge in [0, 0.05) is 49.6 Å². The highest BCUT2D eigenvalue weighted by Crippen LogP contribution is 2.51. The van der Waals surface area contributed by atoms with Gasteiger partial charge >= 0.3 is 0 Å². The number of rotatable bonds is 7. The Hall–Kier alpha value is -8.40. The molecule has 1 aliphatic carbocycles. The van der Waals surface area contributed by atoms with Crippen LogP contribution in [0.2, 0.25) is 0 Å². The predicted octanol–water partition coefficient (Wildman–Crippen LogP) is 17.5. The summed E-state index contributed by atoms with van der Waals surface area (Å²) >= 11 is 0. The van der Waals surface area contributed by atoms with Gasteiger partial charge < -0.3 is 13.9 Å². The summed E-state index contributed by atoms with van der Waals surface area (Å²) in [5.74, 6) is 0. The first-order valence-electron chi connectivity index (χ1n) is 22.8. The third-order valence-electron chi connectivity index (χ3n) is 14.0. The minimum absolute atomic E-state index is 0.143. The Kier molecular flexibility index (Phi) is 8.56. The van der Waals surface area contributed by atoms with Gasteiger partial charge in [-0.3, -0.25) is 0 Å². The minimum Gasteiger partial charge on any atom is -0.456 e. The fourth-order valence-electron chi connectivity index (χ4n) is 10.8. The van der Waals surface area contributed by atoms with E-state index in [1.54, 1.807) is 0 Å². The molecule has 0 unspecified atom stereocenters. The van der Waals surface area contributed by atoms with Gasteiger partial charge in [-0.1, -0.05) is 159 Å². The van der Waals surface area contributed by atoms with Crippen molar-refractivity contribution < 1.29 is 4.42 Å². The van der Waals surface area contributed by atoms with Crippen LogP contribution in [-0.4, -0.2) is 4.57 Å². The number of anilines is 3. The van der Waals surface area contributed by atoms with Crippen molar-refractivity contribution >= 4 is 60.8 Å². The molecule has 0 atom stereocenters. The van der Waals surface area contributed by atoms with Gasteiger partial charge in [0.05, 0.1) is 16.7 Å². The Labute approximate surface area is 384 Å². The van der Waals surface area contributed by atoms with E-state index in [2.05, 4.69) is 248 Å². The van der Waals surface area contributed by atoms with Crippen LogP contribution in [0.1, 0.15) is 25.0 Å². The number of hydrogen-bond donors (Lipinski definition) is 0. The third kappa shape index (κ3) is 5.97. The molecule has 0 amide bonds. The van der Waals surface area contributed by atoms with Crippen LogP contribution < -0.4 is 4.90 Å². The highest BCUT2D eigenvalue weighted by Gasteiger charge is 2.36. The zero-order valence-corrected chi connectivity index (χ0v) is 36.7. The Bertz CT molecular complexity index is 3850. The molecule has 0 N–H and O–H groups in total. The van der Waals surface area contributed by atoms with E-state index in [9.17, 15) is 0 Å². The molecule has 0 spiro atoms. The molecule has 312 valence electrons. The molecule has 0 aliphatic heterocycles. The lowest BCUT2D eigenvalue weighted by molar-refractivity contribution is 0.660. The largest absolute Gasteiger partial charge is 0.456 e. The van der Waals surface area contributed by atoms with Crippen molar-refractivity contribution in [2.45, 2.75) is 19.3 Å². The summed E-state index contributed by atoms with van der Waals surface area (Å²) in [6.45, 7) is 4.71. The number of furan rings is 1. The van der Waals surface area contributed by atoms with Gasteiger partial charge in [0.15, 0.2) is 0 Å². The average molecular weight is 845 g/mol. The molecule has 0 saturated heterocycles. The van der Waals surface area contributed by atoms with Crippen molar-refractivity contribution in [3.63, 3.8) is 0 Å². The Balaban J connectivity index is 1.04. The van der Waals surface area contributed by atoms with E-state index >= 15 is 0 Å². The van der Waals surface area contributed by atoms with Crippen LogP contribution in [0.3, 0.4) is 0 Å². The maximum Gasteiger partial charge on any atom is 0.135 e. The van der Waals surface area contributed by atoms with Crippen molar-refractivity contribution in [2.75, 3.05) is 4.90 Å². The highest BCUT2D eigenvalue weighted by atomic mass is 16.3. The molecule has 0 fully saturated rings. The van der Waals surface area contributed by atoms with Gasteiger partial charge in [-0.05, 0) is 135 Å². The Morgan fingerprint density at radius 3 is 1.77 bits per heavy atom. The molecule has 3 heteroatoms. The van der Waals surface area contributed by atoms with Crippen LogP contribution in [0.25, 0.3) is 93.9 Å². The average Bonchev–Trinajstić information content (AvgIpc) is 3.99. The van der Waals surface area contributed by atoms with Crippen molar-refractivity contribution in [3.8, 4) is 50.2 Å². The first kappa shape index (κ1) is 38.1. The van der Waals surface area contributed by atoms with Gasteiger partial charge in [-0.25, -0.2) is 0 Å². The molecular formula is C63H44N2O. The first-order chi connectivity index (χ1) is 32.5. The molecular weight excluding hydrogens is 801 g/mol. The molecule has 0 radical (unpaired) electrons. The smallest absolute Gasteiger partial charge is 0.135 e. The summed E-state index contributed by atoms with van der Waals surface area (Å²) in [7, 11) is 0. The topological polar surface area (TPSA) is 21.3 Å². The second kappa shape index (κ2) is 14.8. The number of fused-ring (bicyclic) bond motifs is 9. The third-order valence-corrected chi connectivity index (χ3v) is 14.0. The number of para-hydroxylation sites is 4. The van der Waals surface area contributed by atoms with E-state index < -0.39 is 0 Å². The van der Waals surface area contributed by atoms with E-state index in [1.807, 2.05) is 6.07 Å². The van der Waals surface area contributed by atoms with Crippen molar-refractivity contribution in [1.29, 1.82) is 0 Å². The van der Waals surface area contributed by atoms with Crippen LogP contribution in [0.4, 0.5) is 17.1 Å². The SMILES string of the molecule is CC1(C)c2ccccc2-c2ccc(N(c3ccccc3)c3cc(-c4ccc5oc6ccccc6c5c4)cc(-c4ccc5c(c4)c4ccccc4n5-c4ccccc4-c4ccccc4)c3)cc21. The van der Waals surface area contributed by atoms with Gasteiger partial charge in [-0.2, -0.15) is 0 Å². The van der Waals surface area contributed by atoms with Crippen LogP contribution in [0, 0.1) is 0 Å². The first-order valence-corrected chi connectivity index (χ1v) is 22.8. The summed E-state index contributed by atoms with van der Waals surface area (Å²) in [6.07, 6.45) is 0. The molecule has 3 nitrogen and oxygen atoms in total. The molecule has 0 saturated carbocycles. The zero-order chi connectivity index (χ0) is 43.9. The van der Waals surface area contributed by atoms with Crippen LogP contribution in [-0.2, 0) is 5.41 Å². The summed E-state index contributed by atoms with van der Waals surface area (Å²) in [4.78, 5) is 2.43. The summed E-state index contributed by atoms with van der Waals surface area (Å²) in [6, 6.07) is 84.1. The molecule has 13 rings (SSSR count). The monoisotopic (exact) mass is 844 g/mol. The Morgan fingerprint density at radius 1 is 0.348 bits per heavy atom. The van der Waals surface area contributed by atoms with Gasteiger partial charge in [0.25, 0.3) is 0 Å². The number of hydrogen-bond acceptors (Lipinski definition) is 2. The summed E-state index contributed by atoms with van der Waals surface area (Å²) < 4.78 is 8.76. The minimum atomic E-state index is -0.143. The van der Waals surface area contributed by atoms with E-state index in [0.717, 1.165) is 66.9 Å². The van der Waals surface area contributed by atoms with Gasteiger partial charge in [0.2, 0.25) is 0 Å². The summed E-state index contributed by atoms with van der Waals surface area (Å²) in [5, 5.41) is 4.66. The zero-order valence-electron chi connectivity index (χ0n) is 36.7. The second-order valence-corrected chi connectivity index (χ2v) is 18.1. The van der Waals surface area contributed by atoms with Gasteiger partial charge in [-0.15, -0.1) is 0 Å². The van der Waals surface area contributed by atoms with Crippen molar-refractivity contribution in [1.82, 2.24) is 4.57 Å². The standard InChI is InChI=1S/C63H44N2O/c1-63(2)56-25-13-9-22-50(56)51-32-31-47(40-57(51)63)64(46-19-7-4-8-20-46)48-36-44(35-45(37-48)43-30-34-62-55(39-43)53-24-12-16-28-61(53)66-62)42-29-33-60-54(38-42)52-23-11-15-27-59(52)65(60)58-26-14-10-21-49(58)41-17-5-3-6-18-41/h3-40H,1-2H3. The number of nitrogens with zero attached hydrogens (tertiary/aromatic N) is 2. The quantitative estimate of drug-likeness (QED) is 0.159. The predicted molar refractivity (Wildman–Crippen MR) is 277 cm³/mol. The maximum atomic E-state index is 6.32. The van der Waals surface area contributed by atoms with Gasteiger partial charge in [0.1, 0.15) is 11.2 Å². The number of benzene rings is 10. The summed E-state index contributed by atoms with van der Waals surface area (Å²) in [5.41, 5.74) is 20.7. The van der Waals surface area contributed by atoms with E-state index in [1.165, 1.54) is 55.2 Å². The fraction of sp³-hybridized carbons (Fsp3) is 0.0476. The van der Waals surface area contributed by atoms with E-state index in [4.69, 9.17) is 4.42 Å². The Morgan fingerprint density at radius 2 is 0.955 bits per heavy atom. The lowest BCUT2D eigenvalue weighted by atomic mass is 9.82. The fourth-order valence-corrected chi connectivity index (χ4v) is 10.8. The molecule has 1 aliphatic rings. The van der Waals surface area contributed by atoms with Crippen molar-refractivity contribution in [3.05, 3.63) is 242 Å². The van der Waals surface area contributed by atoms with Crippen LogP contribution in [0.15, 0.2) is 235 Å². The normalized spacial score (nSPS) is 12.8. The molecule has 10 aromatic carbocycles. The maximum absolute atomic E-state index is 6.32.